The Morgan fingerprint density at radius 3 is 2.83 bits per heavy atom. The van der Waals surface area contributed by atoms with E-state index in [1.807, 2.05) is 30.5 Å². The number of para-hydroxylation sites is 2. The first-order chi connectivity index (χ1) is 11.7. The Hall–Kier alpha value is -2.54. The summed E-state index contributed by atoms with van der Waals surface area (Å²) in [4.78, 5) is 33.9. The highest BCUT2D eigenvalue weighted by atomic mass is 32.2. The Balaban J connectivity index is 1.84. The van der Waals surface area contributed by atoms with Crippen LogP contribution in [0.4, 0.5) is 0 Å². The molecule has 7 heteroatoms. The van der Waals surface area contributed by atoms with Crippen molar-refractivity contribution < 1.29 is 4.79 Å². The third kappa shape index (κ3) is 3.68. The van der Waals surface area contributed by atoms with E-state index >= 15 is 0 Å². The van der Waals surface area contributed by atoms with E-state index in [1.165, 1.54) is 18.3 Å². The Labute approximate surface area is 143 Å². The molecular weight excluding hydrogens is 324 g/mol. The standard InChI is InChI=1S/C17H18N4O2S/c1-24-9-8-14(16-19-12-4-2-3-5-13(12)20-16)21-17(23)11-6-7-15(22)18-10-11/h2-7,10,14H,8-9H2,1H3,(H,18,22)(H,19,20)(H,21,23). The molecule has 1 amide bonds. The van der Waals surface area contributed by atoms with Gasteiger partial charge in [0.2, 0.25) is 5.56 Å². The maximum absolute atomic E-state index is 12.4. The number of thioether (sulfide) groups is 1. The molecule has 6 nitrogen and oxygen atoms in total. The Morgan fingerprint density at radius 2 is 2.12 bits per heavy atom. The van der Waals surface area contributed by atoms with Crippen LogP contribution in [0.25, 0.3) is 11.0 Å². The maximum atomic E-state index is 12.4. The number of amides is 1. The number of H-pyrrole nitrogens is 2. The van der Waals surface area contributed by atoms with Crippen LogP contribution in [0.5, 0.6) is 0 Å². The lowest BCUT2D eigenvalue weighted by Gasteiger charge is -2.16. The summed E-state index contributed by atoms with van der Waals surface area (Å²) in [6.07, 6.45) is 4.21. The molecule has 0 spiro atoms. The maximum Gasteiger partial charge on any atom is 0.253 e. The monoisotopic (exact) mass is 342 g/mol. The van der Waals surface area contributed by atoms with E-state index in [0.29, 0.717) is 5.56 Å². The molecule has 1 aromatic carbocycles. The average molecular weight is 342 g/mol. The van der Waals surface area contributed by atoms with Gasteiger partial charge < -0.3 is 15.3 Å². The summed E-state index contributed by atoms with van der Waals surface area (Å²) in [5.74, 6) is 1.40. The van der Waals surface area contributed by atoms with Crippen molar-refractivity contribution in [3.63, 3.8) is 0 Å². The number of nitrogens with one attached hydrogen (secondary N) is 3. The van der Waals surface area contributed by atoms with Crippen molar-refractivity contribution in [3.05, 3.63) is 64.3 Å². The number of fused-ring (bicyclic) bond motifs is 1. The smallest absolute Gasteiger partial charge is 0.253 e. The molecule has 124 valence electrons. The van der Waals surface area contributed by atoms with Crippen LogP contribution in [0.3, 0.4) is 0 Å². The first-order valence-corrected chi connectivity index (χ1v) is 9.00. The molecule has 0 aliphatic heterocycles. The first-order valence-electron chi connectivity index (χ1n) is 7.60. The lowest BCUT2D eigenvalue weighted by molar-refractivity contribution is 0.0934. The number of nitrogens with zero attached hydrogens (tertiary/aromatic N) is 1. The van der Waals surface area contributed by atoms with Crippen molar-refractivity contribution in [2.24, 2.45) is 0 Å². The minimum absolute atomic E-state index is 0.218. The van der Waals surface area contributed by atoms with Gasteiger partial charge in [-0.1, -0.05) is 12.1 Å². The Bertz CT molecular complexity index is 849. The summed E-state index contributed by atoms with van der Waals surface area (Å²) in [6.45, 7) is 0. The number of pyridine rings is 1. The Kier molecular flexibility index (Phi) is 5.00. The summed E-state index contributed by atoms with van der Waals surface area (Å²) in [7, 11) is 0. The van der Waals surface area contributed by atoms with Crippen LogP contribution < -0.4 is 10.9 Å². The van der Waals surface area contributed by atoms with Gasteiger partial charge in [-0.25, -0.2) is 4.98 Å². The van der Waals surface area contributed by atoms with Crippen molar-refractivity contribution in [2.75, 3.05) is 12.0 Å². The number of imidazole rings is 1. The van der Waals surface area contributed by atoms with Gasteiger partial charge >= 0.3 is 0 Å². The van der Waals surface area contributed by atoms with Gasteiger partial charge in [-0.15, -0.1) is 0 Å². The summed E-state index contributed by atoms with van der Waals surface area (Å²) in [6, 6.07) is 10.4. The van der Waals surface area contributed by atoms with E-state index < -0.39 is 0 Å². The molecule has 0 fully saturated rings. The van der Waals surface area contributed by atoms with Crippen LogP contribution in [0.15, 0.2) is 47.4 Å². The minimum atomic E-state index is -0.238. The zero-order valence-electron chi connectivity index (χ0n) is 13.2. The van der Waals surface area contributed by atoms with Crippen LogP contribution in [-0.2, 0) is 0 Å². The number of benzene rings is 1. The van der Waals surface area contributed by atoms with Crippen molar-refractivity contribution in [1.29, 1.82) is 0 Å². The van der Waals surface area contributed by atoms with Gasteiger partial charge in [-0.05, 0) is 36.6 Å². The summed E-state index contributed by atoms with van der Waals surface area (Å²) >= 11 is 1.72. The molecule has 3 aromatic rings. The molecule has 0 saturated heterocycles. The molecule has 0 bridgehead atoms. The van der Waals surface area contributed by atoms with Crippen molar-refractivity contribution in [2.45, 2.75) is 12.5 Å². The molecule has 0 radical (unpaired) electrons. The number of carbonyl (C=O) groups excluding carboxylic acids is 1. The predicted molar refractivity (Wildman–Crippen MR) is 96.4 cm³/mol. The van der Waals surface area contributed by atoms with E-state index in [-0.39, 0.29) is 17.5 Å². The van der Waals surface area contributed by atoms with E-state index in [0.717, 1.165) is 29.0 Å². The van der Waals surface area contributed by atoms with Gasteiger partial charge in [-0.2, -0.15) is 11.8 Å². The van der Waals surface area contributed by atoms with Crippen molar-refractivity contribution in [3.8, 4) is 0 Å². The number of aromatic amines is 2. The lowest BCUT2D eigenvalue weighted by Crippen LogP contribution is -2.30. The summed E-state index contributed by atoms with van der Waals surface area (Å²) in [5.41, 5.74) is 2.00. The largest absolute Gasteiger partial charge is 0.342 e. The second-order valence-electron chi connectivity index (χ2n) is 5.39. The fraction of sp³-hybridized carbons (Fsp3) is 0.235. The fourth-order valence-corrected chi connectivity index (χ4v) is 2.92. The molecule has 3 N–H and O–H groups in total. The van der Waals surface area contributed by atoms with Gasteiger partial charge in [0.15, 0.2) is 0 Å². The molecule has 0 saturated carbocycles. The molecule has 2 heterocycles. The van der Waals surface area contributed by atoms with Crippen molar-refractivity contribution >= 4 is 28.7 Å². The summed E-state index contributed by atoms with van der Waals surface area (Å²) < 4.78 is 0. The van der Waals surface area contributed by atoms with Gasteiger partial charge in [0.25, 0.3) is 5.91 Å². The molecule has 1 unspecified atom stereocenters. The fourth-order valence-electron chi connectivity index (χ4n) is 2.44. The third-order valence-electron chi connectivity index (χ3n) is 3.70. The quantitative estimate of drug-likeness (QED) is 0.642. The van der Waals surface area contributed by atoms with E-state index in [9.17, 15) is 9.59 Å². The lowest BCUT2D eigenvalue weighted by atomic mass is 10.2. The predicted octanol–water partition coefficient (Wildman–Crippen LogP) is 2.48. The second-order valence-corrected chi connectivity index (χ2v) is 6.37. The SMILES string of the molecule is CSCCC(NC(=O)c1ccc(=O)[nH]c1)c1nc2ccccc2[nH]1. The minimum Gasteiger partial charge on any atom is -0.342 e. The van der Waals surface area contributed by atoms with Crippen LogP contribution in [0.2, 0.25) is 0 Å². The Morgan fingerprint density at radius 1 is 1.29 bits per heavy atom. The van der Waals surface area contributed by atoms with Gasteiger partial charge in [-0.3, -0.25) is 9.59 Å². The highest BCUT2D eigenvalue weighted by Gasteiger charge is 2.19. The number of aromatic nitrogens is 3. The molecule has 0 aliphatic rings. The van der Waals surface area contributed by atoms with E-state index in [4.69, 9.17) is 0 Å². The molecule has 1 atom stereocenters. The van der Waals surface area contributed by atoms with E-state index in [1.54, 1.807) is 11.8 Å². The normalized spacial score (nSPS) is 12.2. The zero-order valence-corrected chi connectivity index (χ0v) is 14.0. The highest BCUT2D eigenvalue weighted by molar-refractivity contribution is 7.98. The second kappa shape index (κ2) is 7.35. The summed E-state index contributed by atoms with van der Waals surface area (Å²) in [5, 5.41) is 3.00. The first kappa shape index (κ1) is 16.3. The van der Waals surface area contributed by atoms with Crippen LogP contribution in [-0.4, -0.2) is 32.9 Å². The van der Waals surface area contributed by atoms with Gasteiger partial charge in [0.05, 0.1) is 22.6 Å². The topological polar surface area (TPSA) is 90.6 Å². The molecule has 24 heavy (non-hydrogen) atoms. The van der Waals surface area contributed by atoms with E-state index in [2.05, 4.69) is 20.3 Å². The molecular formula is C17H18N4O2S. The van der Waals surface area contributed by atoms with Crippen LogP contribution in [0.1, 0.15) is 28.6 Å². The van der Waals surface area contributed by atoms with Crippen molar-refractivity contribution in [1.82, 2.24) is 20.3 Å². The zero-order chi connectivity index (χ0) is 16.9. The highest BCUT2D eigenvalue weighted by Crippen LogP contribution is 2.20. The number of hydrogen-bond acceptors (Lipinski definition) is 4. The number of rotatable bonds is 6. The number of carbonyl (C=O) groups is 1. The average Bonchev–Trinajstić information content (AvgIpc) is 3.03. The van der Waals surface area contributed by atoms with Crippen LogP contribution in [0, 0.1) is 0 Å². The van der Waals surface area contributed by atoms with Gasteiger partial charge in [0, 0.05) is 12.3 Å². The van der Waals surface area contributed by atoms with Crippen LogP contribution >= 0.6 is 11.8 Å². The number of hydrogen-bond donors (Lipinski definition) is 3. The molecule has 0 aliphatic carbocycles. The third-order valence-corrected chi connectivity index (χ3v) is 4.34. The molecule has 2 aromatic heterocycles. The van der Waals surface area contributed by atoms with Gasteiger partial charge in [0.1, 0.15) is 5.82 Å². The molecule has 3 rings (SSSR count).